The highest BCUT2D eigenvalue weighted by molar-refractivity contribution is 4.83. The van der Waals surface area contributed by atoms with Gasteiger partial charge < -0.3 is 10.4 Å². The summed E-state index contributed by atoms with van der Waals surface area (Å²) in [6.07, 6.45) is 8.09. The minimum atomic E-state index is 0.296. The molecule has 0 aromatic carbocycles. The molecule has 1 unspecified atom stereocenters. The van der Waals surface area contributed by atoms with Crippen LogP contribution in [0.15, 0.2) is 0 Å². The SMILES string of the molecule is C#CCCNCCCC(C)CO. The van der Waals surface area contributed by atoms with Gasteiger partial charge in [0.2, 0.25) is 0 Å². The zero-order valence-electron chi connectivity index (χ0n) is 7.84. The van der Waals surface area contributed by atoms with Crippen molar-refractivity contribution >= 4 is 0 Å². The molecule has 0 aliphatic carbocycles. The smallest absolute Gasteiger partial charge is 0.0456 e. The van der Waals surface area contributed by atoms with Gasteiger partial charge in [0.1, 0.15) is 0 Å². The summed E-state index contributed by atoms with van der Waals surface area (Å²) in [5.41, 5.74) is 0. The largest absolute Gasteiger partial charge is 0.396 e. The molecule has 0 rings (SSSR count). The van der Waals surface area contributed by atoms with Crippen LogP contribution >= 0.6 is 0 Å². The Labute approximate surface area is 75.4 Å². The van der Waals surface area contributed by atoms with Crippen molar-refractivity contribution in [2.24, 2.45) is 5.92 Å². The van der Waals surface area contributed by atoms with Gasteiger partial charge in [-0.3, -0.25) is 0 Å². The first-order valence-electron chi connectivity index (χ1n) is 4.56. The molecule has 0 bridgehead atoms. The first kappa shape index (κ1) is 11.5. The van der Waals surface area contributed by atoms with E-state index >= 15 is 0 Å². The molecule has 0 heterocycles. The van der Waals surface area contributed by atoms with Crippen LogP contribution in [0.25, 0.3) is 0 Å². The molecular weight excluding hydrogens is 150 g/mol. The van der Waals surface area contributed by atoms with Gasteiger partial charge in [-0.1, -0.05) is 6.92 Å². The fourth-order valence-electron chi connectivity index (χ4n) is 0.952. The van der Waals surface area contributed by atoms with E-state index in [4.69, 9.17) is 11.5 Å². The summed E-state index contributed by atoms with van der Waals surface area (Å²) in [6.45, 7) is 4.27. The normalized spacial score (nSPS) is 12.4. The van der Waals surface area contributed by atoms with E-state index in [9.17, 15) is 0 Å². The molecule has 0 aromatic heterocycles. The number of hydrogen-bond donors (Lipinski definition) is 2. The van der Waals surface area contributed by atoms with E-state index in [1.165, 1.54) is 0 Å². The van der Waals surface area contributed by atoms with Gasteiger partial charge in [-0.2, -0.15) is 0 Å². The third-order valence-electron chi connectivity index (χ3n) is 1.81. The van der Waals surface area contributed by atoms with Crippen LogP contribution in [0.2, 0.25) is 0 Å². The zero-order chi connectivity index (χ0) is 9.23. The van der Waals surface area contributed by atoms with Gasteiger partial charge in [0.05, 0.1) is 0 Å². The molecular formula is C10H19NO. The molecule has 0 fully saturated rings. The molecule has 0 aliphatic rings. The summed E-state index contributed by atoms with van der Waals surface area (Å²) >= 11 is 0. The van der Waals surface area contributed by atoms with Gasteiger partial charge in [0.25, 0.3) is 0 Å². The van der Waals surface area contributed by atoms with Crippen molar-refractivity contribution in [2.75, 3.05) is 19.7 Å². The van der Waals surface area contributed by atoms with Crippen molar-refractivity contribution in [3.8, 4) is 12.3 Å². The second-order valence-electron chi connectivity index (χ2n) is 3.13. The lowest BCUT2D eigenvalue weighted by Gasteiger charge is -2.07. The minimum absolute atomic E-state index is 0.296. The highest BCUT2D eigenvalue weighted by atomic mass is 16.3. The summed E-state index contributed by atoms with van der Waals surface area (Å²) in [5, 5.41) is 12.0. The number of nitrogens with one attached hydrogen (secondary N) is 1. The van der Waals surface area contributed by atoms with Gasteiger partial charge in [0, 0.05) is 19.6 Å². The minimum Gasteiger partial charge on any atom is -0.396 e. The predicted molar refractivity (Wildman–Crippen MR) is 51.8 cm³/mol. The van der Waals surface area contributed by atoms with Crippen molar-refractivity contribution in [1.82, 2.24) is 5.32 Å². The van der Waals surface area contributed by atoms with Crippen molar-refractivity contribution < 1.29 is 5.11 Å². The van der Waals surface area contributed by atoms with E-state index in [1.807, 2.05) is 0 Å². The maximum Gasteiger partial charge on any atom is 0.0456 e. The molecule has 2 heteroatoms. The molecule has 70 valence electrons. The lowest BCUT2D eigenvalue weighted by atomic mass is 10.1. The number of rotatable bonds is 7. The third kappa shape index (κ3) is 7.59. The van der Waals surface area contributed by atoms with Crippen molar-refractivity contribution in [3.05, 3.63) is 0 Å². The molecule has 0 radical (unpaired) electrons. The van der Waals surface area contributed by atoms with Gasteiger partial charge in [0.15, 0.2) is 0 Å². The molecule has 2 nitrogen and oxygen atoms in total. The van der Waals surface area contributed by atoms with Gasteiger partial charge in [-0.25, -0.2) is 0 Å². The van der Waals surface area contributed by atoms with E-state index in [0.29, 0.717) is 12.5 Å². The van der Waals surface area contributed by atoms with E-state index in [0.717, 1.165) is 32.4 Å². The number of hydrogen-bond acceptors (Lipinski definition) is 2. The molecule has 0 aliphatic heterocycles. The number of aliphatic hydroxyl groups excluding tert-OH is 1. The summed E-state index contributed by atoms with van der Waals surface area (Å²) < 4.78 is 0. The summed E-state index contributed by atoms with van der Waals surface area (Å²) in [4.78, 5) is 0. The van der Waals surface area contributed by atoms with Gasteiger partial charge >= 0.3 is 0 Å². The molecule has 1 atom stereocenters. The summed E-state index contributed by atoms with van der Waals surface area (Å²) in [6, 6.07) is 0. The molecule has 2 N–H and O–H groups in total. The lowest BCUT2D eigenvalue weighted by molar-refractivity contribution is 0.228. The van der Waals surface area contributed by atoms with Crippen LogP contribution in [0, 0.1) is 18.3 Å². The van der Waals surface area contributed by atoms with Crippen LogP contribution < -0.4 is 5.32 Å². The van der Waals surface area contributed by atoms with Crippen LogP contribution in [0.5, 0.6) is 0 Å². The van der Waals surface area contributed by atoms with E-state index < -0.39 is 0 Å². The molecule has 12 heavy (non-hydrogen) atoms. The molecule has 0 amide bonds. The van der Waals surface area contributed by atoms with E-state index in [2.05, 4.69) is 18.2 Å². The van der Waals surface area contributed by atoms with Crippen molar-refractivity contribution in [2.45, 2.75) is 26.2 Å². The highest BCUT2D eigenvalue weighted by Gasteiger charge is 1.97. The van der Waals surface area contributed by atoms with E-state index in [1.54, 1.807) is 0 Å². The Morgan fingerprint density at radius 2 is 2.25 bits per heavy atom. The Morgan fingerprint density at radius 3 is 2.83 bits per heavy atom. The molecule has 0 aromatic rings. The van der Waals surface area contributed by atoms with Crippen LogP contribution in [0.1, 0.15) is 26.2 Å². The van der Waals surface area contributed by atoms with E-state index in [-0.39, 0.29) is 0 Å². The topological polar surface area (TPSA) is 32.3 Å². The Hall–Kier alpha value is -0.520. The Bertz CT molecular complexity index is 128. The van der Waals surface area contributed by atoms with Crippen LogP contribution in [-0.4, -0.2) is 24.8 Å². The van der Waals surface area contributed by atoms with Gasteiger partial charge in [-0.05, 0) is 25.3 Å². The first-order valence-corrected chi connectivity index (χ1v) is 4.56. The molecule has 0 saturated carbocycles. The standard InChI is InChI=1S/C10H19NO/c1-3-4-7-11-8-5-6-10(2)9-12/h1,10-12H,4-9H2,2H3. The van der Waals surface area contributed by atoms with Crippen LogP contribution in [0.4, 0.5) is 0 Å². The molecule has 0 spiro atoms. The summed E-state index contributed by atoms with van der Waals surface area (Å²) in [7, 11) is 0. The second kappa shape index (κ2) is 8.58. The Morgan fingerprint density at radius 1 is 1.50 bits per heavy atom. The Kier molecular flexibility index (Phi) is 8.20. The Balaban J connectivity index is 2.96. The zero-order valence-corrected chi connectivity index (χ0v) is 7.84. The maximum absolute atomic E-state index is 8.73. The quantitative estimate of drug-likeness (QED) is 0.440. The fourth-order valence-corrected chi connectivity index (χ4v) is 0.952. The number of terminal acetylenes is 1. The van der Waals surface area contributed by atoms with Gasteiger partial charge in [-0.15, -0.1) is 12.3 Å². The average molecular weight is 169 g/mol. The number of aliphatic hydroxyl groups is 1. The molecule has 0 saturated heterocycles. The fraction of sp³-hybridized carbons (Fsp3) is 0.800. The predicted octanol–water partition coefficient (Wildman–Crippen LogP) is 1.01. The highest BCUT2D eigenvalue weighted by Crippen LogP contribution is 2.02. The maximum atomic E-state index is 8.73. The van der Waals surface area contributed by atoms with Crippen molar-refractivity contribution in [3.63, 3.8) is 0 Å². The first-order chi connectivity index (χ1) is 5.81. The van der Waals surface area contributed by atoms with Crippen LogP contribution in [-0.2, 0) is 0 Å². The van der Waals surface area contributed by atoms with Crippen molar-refractivity contribution in [1.29, 1.82) is 0 Å². The van der Waals surface area contributed by atoms with Crippen LogP contribution in [0.3, 0.4) is 0 Å². The average Bonchev–Trinajstić information content (AvgIpc) is 2.10. The third-order valence-corrected chi connectivity index (χ3v) is 1.81. The second-order valence-corrected chi connectivity index (χ2v) is 3.13. The lowest BCUT2D eigenvalue weighted by Crippen LogP contribution is -2.17. The summed E-state index contributed by atoms with van der Waals surface area (Å²) in [5.74, 6) is 3.01. The monoisotopic (exact) mass is 169 g/mol.